The third-order valence-corrected chi connectivity index (χ3v) is 2.27. The molecule has 0 aliphatic rings. The van der Waals surface area contributed by atoms with E-state index >= 15 is 0 Å². The number of carbonyl (C=O) groups excluding carboxylic acids is 1. The van der Waals surface area contributed by atoms with Gasteiger partial charge in [-0.05, 0) is 20.9 Å². The predicted octanol–water partition coefficient (Wildman–Crippen LogP) is 0.498. The first-order chi connectivity index (χ1) is 6.52. The molecule has 0 saturated heterocycles. The van der Waals surface area contributed by atoms with E-state index in [9.17, 15) is 4.79 Å². The highest BCUT2D eigenvalue weighted by Gasteiger charge is 2.18. The summed E-state index contributed by atoms with van der Waals surface area (Å²) in [6.45, 7) is 6.68. The van der Waals surface area contributed by atoms with E-state index < -0.39 is 0 Å². The van der Waals surface area contributed by atoms with Crippen LogP contribution >= 0.6 is 0 Å². The first-order valence-corrected chi connectivity index (χ1v) is 5.00. The summed E-state index contributed by atoms with van der Waals surface area (Å²) in [4.78, 5) is 13.2. The molecule has 0 saturated carbocycles. The summed E-state index contributed by atoms with van der Waals surface area (Å²) in [5, 5.41) is 8.90. The van der Waals surface area contributed by atoms with Crippen molar-refractivity contribution in [3.63, 3.8) is 0 Å². The molecule has 0 rings (SSSR count). The van der Waals surface area contributed by atoms with Crippen LogP contribution in [-0.4, -0.2) is 48.8 Å². The van der Waals surface area contributed by atoms with E-state index in [4.69, 9.17) is 9.84 Å². The fourth-order valence-corrected chi connectivity index (χ4v) is 1.11. The van der Waals surface area contributed by atoms with Crippen molar-refractivity contribution >= 4 is 5.97 Å². The maximum absolute atomic E-state index is 11.3. The number of likely N-dealkylation sites (N-methyl/N-ethyl adjacent to an activating group) is 1. The monoisotopic (exact) mass is 203 g/mol. The highest BCUT2D eigenvalue weighted by atomic mass is 16.5. The molecule has 2 atom stereocenters. The van der Waals surface area contributed by atoms with Crippen molar-refractivity contribution in [3.05, 3.63) is 0 Å². The average Bonchev–Trinajstić information content (AvgIpc) is 2.16. The predicted molar refractivity (Wildman–Crippen MR) is 55.0 cm³/mol. The van der Waals surface area contributed by atoms with Gasteiger partial charge in [0.2, 0.25) is 0 Å². The summed E-state index contributed by atoms with van der Waals surface area (Å²) in [6, 6.07) is 0.0758. The van der Waals surface area contributed by atoms with Gasteiger partial charge in [-0.3, -0.25) is 4.79 Å². The molecule has 4 nitrogen and oxygen atoms in total. The first kappa shape index (κ1) is 13.4. The molecule has 2 unspecified atom stereocenters. The van der Waals surface area contributed by atoms with Crippen molar-refractivity contribution in [2.45, 2.75) is 26.8 Å². The maximum Gasteiger partial charge on any atom is 0.309 e. The number of ether oxygens (including phenoxy) is 1. The largest absolute Gasteiger partial charge is 0.466 e. The van der Waals surface area contributed by atoms with Gasteiger partial charge in [-0.25, -0.2) is 0 Å². The lowest BCUT2D eigenvalue weighted by Crippen LogP contribution is -2.37. The Balaban J connectivity index is 3.92. The molecule has 84 valence electrons. The maximum atomic E-state index is 11.3. The van der Waals surface area contributed by atoms with Gasteiger partial charge in [-0.2, -0.15) is 0 Å². The molecule has 0 amide bonds. The minimum absolute atomic E-state index is 0.0758. The molecule has 0 heterocycles. The number of hydrogen-bond donors (Lipinski definition) is 1. The summed E-state index contributed by atoms with van der Waals surface area (Å²) in [7, 11) is 1.89. The van der Waals surface area contributed by atoms with Gasteiger partial charge in [0.25, 0.3) is 0 Å². The Morgan fingerprint density at radius 3 is 2.50 bits per heavy atom. The second-order valence-electron chi connectivity index (χ2n) is 3.62. The molecule has 0 fully saturated rings. The Labute approximate surface area is 85.9 Å². The van der Waals surface area contributed by atoms with Gasteiger partial charge >= 0.3 is 5.97 Å². The van der Waals surface area contributed by atoms with Crippen molar-refractivity contribution in [1.82, 2.24) is 4.90 Å². The molecular weight excluding hydrogens is 182 g/mol. The van der Waals surface area contributed by atoms with Crippen molar-refractivity contribution < 1.29 is 14.6 Å². The lowest BCUT2D eigenvalue weighted by Gasteiger charge is -2.25. The van der Waals surface area contributed by atoms with E-state index in [0.717, 1.165) is 0 Å². The standard InChI is InChI=1S/C10H21NO3/c1-5-14-10(13)8(2)6-11(4)9(3)7-12/h8-9,12H,5-7H2,1-4H3. The number of hydrogen-bond acceptors (Lipinski definition) is 4. The minimum atomic E-state index is -0.176. The zero-order valence-corrected chi connectivity index (χ0v) is 9.49. The fourth-order valence-electron chi connectivity index (χ4n) is 1.11. The van der Waals surface area contributed by atoms with Gasteiger partial charge in [0, 0.05) is 12.6 Å². The third kappa shape index (κ3) is 4.58. The number of rotatable bonds is 6. The molecule has 1 N–H and O–H groups in total. The number of nitrogens with zero attached hydrogens (tertiary/aromatic N) is 1. The smallest absolute Gasteiger partial charge is 0.309 e. The number of aliphatic hydroxyl groups excluding tert-OH is 1. The second kappa shape index (κ2) is 6.79. The lowest BCUT2D eigenvalue weighted by molar-refractivity contribution is -0.148. The highest BCUT2D eigenvalue weighted by molar-refractivity contribution is 5.72. The lowest BCUT2D eigenvalue weighted by atomic mass is 10.1. The van der Waals surface area contributed by atoms with Crippen LogP contribution in [0, 0.1) is 5.92 Å². The molecule has 0 aliphatic heterocycles. The van der Waals surface area contributed by atoms with E-state index in [1.807, 2.05) is 25.8 Å². The molecule has 0 spiro atoms. The van der Waals surface area contributed by atoms with Crippen LogP contribution in [0.15, 0.2) is 0 Å². The summed E-state index contributed by atoms with van der Waals surface area (Å²) >= 11 is 0. The van der Waals surface area contributed by atoms with Crippen molar-refractivity contribution in [2.75, 3.05) is 26.8 Å². The average molecular weight is 203 g/mol. The van der Waals surface area contributed by atoms with E-state index in [1.54, 1.807) is 6.92 Å². The zero-order valence-electron chi connectivity index (χ0n) is 9.49. The van der Waals surface area contributed by atoms with Gasteiger partial charge in [0.15, 0.2) is 0 Å². The van der Waals surface area contributed by atoms with Crippen LogP contribution in [0.4, 0.5) is 0 Å². The molecule has 0 radical (unpaired) electrons. The number of carbonyl (C=O) groups is 1. The van der Waals surface area contributed by atoms with Gasteiger partial charge < -0.3 is 14.7 Å². The number of aliphatic hydroxyl groups is 1. The fraction of sp³-hybridized carbons (Fsp3) is 0.900. The van der Waals surface area contributed by atoms with Crippen molar-refractivity contribution in [2.24, 2.45) is 5.92 Å². The Bertz CT molecular complexity index is 173. The van der Waals surface area contributed by atoms with Gasteiger partial charge in [0.1, 0.15) is 0 Å². The van der Waals surface area contributed by atoms with Gasteiger partial charge in [-0.1, -0.05) is 6.92 Å². The molecule has 14 heavy (non-hydrogen) atoms. The molecule has 0 bridgehead atoms. The molecule has 0 aromatic carbocycles. The highest BCUT2D eigenvalue weighted by Crippen LogP contribution is 2.04. The summed E-state index contributed by atoms with van der Waals surface area (Å²) in [5.41, 5.74) is 0. The van der Waals surface area contributed by atoms with Crippen LogP contribution in [-0.2, 0) is 9.53 Å². The minimum Gasteiger partial charge on any atom is -0.466 e. The first-order valence-electron chi connectivity index (χ1n) is 5.00. The Morgan fingerprint density at radius 2 is 2.07 bits per heavy atom. The molecular formula is C10H21NO3. The Morgan fingerprint density at radius 1 is 1.50 bits per heavy atom. The van der Waals surface area contributed by atoms with E-state index in [1.165, 1.54) is 0 Å². The van der Waals surface area contributed by atoms with E-state index in [0.29, 0.717) is 13.2 Å². The van der Waals surface area contributed by atoms with Crippen molar-refractivity contribution in [3.8, 4) is 0 Å². The van der Waals surface area contributed by atoms with Crippen LogP contribution in [0.1, 0.15) is 20.8 Å². The topological polar surface area (TPSA) is 49.8 Å². The number of esters is 1. The second-order valence-corrected chi connectivity index (χ2v) is 3.62. The van der Waals surface area contributed by atoms with Gasteiger partial charge in [-0.15, -0.1) is 0 Å². The van der Waals surface area contributed by atoms with Crippen molar-refractivity contribution in [1.29, 1.82) is 0 Å². The normalized spacial score (nSPS) is 15.3. The van der Waals surface area contributed by atoms with E-state index in [-0.39, 0.29) is 24.5 Å². The summed E-state index contributed by atoms with van der Waals surface area (Å²) in [6.07, 6.45) is 0. The third-order valence-electron chi connectivity index (χ3n) is 2.27. The van der Waals surface area contributed by atoms with E-state index in [2.05, 4.69) is 0 Å². The Kier molecular flexibility index (Phi) is 6.49. The molecule has 0 aromatic heterocycles. The van der Waals surface area contributed by atoms with Crippen LogP contribution < -0.4 is 0 Å². The summed E-state index contributed by atoms with van der Waals surface area (Å²) < 4.78 is 4.89. The molecule has 0 aromatic rings. The van der Waals surface area contributed by atoms with Crippen LogP contribution in [0.3, 0.4) is 0 Å². The molecule has 0 aliphatic carbocycles. The Hall–Kier alpha value is -0.610. The van der Waals surface area contributed by atoms with Crippen LogP contribution in [0.25, 0.3) is 0 Å². The SMILES string of the molecule is CCOC(=O)C(C)CN(C)C(C)CO. The van der Waals surface area contributed by atoms with Crippen LogP contribution in [0.5, 0.6) is 0 Å². The zero-order chi connectivity index (χ0) is 11.1. The van der Waals surface area contributed by atoms with Crippen LogP contribution in [0.2, 0.25) is 0 Å². The quantitative estimate of drug-likeness (QED) is 0.639. The molecule has 4 heteroatoms. The summed E-state index contributed by atoms with van der Waals surface area (Å²) in [5.74, 6) is -0.321. The van der Waals surface area contributed by atoms with Gasteiger partial charge in [0.05, 0.1) is 19.1 Å².